The Hall–Kier alpha value is -3.14. The van der Waals surface area contributed by atoms with E-state index in [0.717, 1.165) is 15.9 Å². The second kappa shape index (κ2) is 9.78. The van der Waals surface area contributed by atoms with Gasteiger partial charge in [0.25, 0.3) is 5.91 Å². The van der Waals surface area contributed by atoms with Crippen LogP contribution in [0.5, 0.6) is 0 Å². The molecular weight excluding hydrogens is 436 g/mol. The van der Waals surface area contributed by atoms with Crippen LogP contribution in [0.2, 0.25) is 0 Å². The summed E-state index contributed by atoms with van der Waals surface area (Å²) in [6.45, 7) is 1.10. The highest BCUT2D eigenvalue weighted by molar-refractivity contribution is 7.99. The second-order valence-corrected chi connectivity index (χ2v) is 9.23. The lowest BCUT2D eigenvalue weighted by molar-refractivity contribution is -0.119. The van der Waals surface area contributed by atoms with Crippen LogP contribution in [0.25, 0.3) is 0 Å². The lowest BCUT2D eigenvalue weighted by atomic mass is 10.1. The van der Waals surface area contributed by atoms with Gasteiger partial charge in [-0.25, -0.2) is 18.4 Å². The zero-order chi connectivity index (χ0) is 22.4. The molecule has 1 amide bonds. The normalized spacial score (nSPS) is 11.0. The van der Waals surface area contributed by atoms with Crippen LogP contribution in [-0.4, -0.2) is 26.9 Å². The summed E-state index contributed by atoms with van der Waals surface area (Å²) in [5.74, 6) is -1.33. The summed E-state index contributed by atoms with van der Waals surface area (Å²) in [5.41, 5.74) is 1.12. The van der Waals surface area contributed by atoms with Crippen molar-refractivity contribution in [3.8, 4) is 0 Å². The van der Waals surface area contributed by atoms with E-state index in [2.05, 4.69) is 5.32 Å². The van der Waals surface area contributed by atoms with Gasteiger partial charge in [0, 0.05) is 9.79 Å². The highest BCUT2D eigenvalue weighted by Gasteiger charge is 2.17. The van der Waals surface area contributed by atoms with Crippen LogP contribution in [0.3, 0.4) is 0 Å². The molecule has 3 rings (SSSR count). The zero-order valence-electron chi connectivity index (χ0n) is 16.6. The van der Waals surface area contributed by atoms with Crippen molar-refractivity contribution in [2.75, 3.05) is 11.9 Å². The predicted octanol–water partition coefficient (Wildman–Crippen LogP) is 3.59. The number of para-hydroxylation sites is 1. The molecule has 0 aliphatic heterocycles. The van der Waals surface area contributed by atoms with Crippen LogP contribution in [0.4, 0.5) is 5.69 Å². The lowest BCUT2D eigenvalue weighted by Gasteiger charge is -2.12. The van der Waals surface area contributed by atoms with Crippen LogP contribution in [0.15, 0.2) is 87.5 Å². The molecule has 0 heterocycles. The Morgan fingerprint density at radius 1 is 1.00 bits per heavy atom. The molecule has 0 atom stereocenters. The van der Waals surface area contributed by atoms with Crippen molar-refractivity contribution in [1.82, 2.24) is 0 Å². The fourth-order valence-corrected chi connectivity index (χ4v) is 4.13. The Morgan fingerprint density at radius 3 is 2.39 bits per heavy atom. The number of primary sulfonamides is 1. The largest absolute Gasteiger partial charge is 0.452 e. The third-order valence-corrected chi connectivity index (χ3v) is 6.22. The Labute approximate surface area is 184 Å². The van der Waals surface area contributed by atoms with Gasteiger partial charge in [-0.05, 0) is 48.9 Å². The highest BCUT2D eigenvalue weighted by Crippen LogP contribution is 2.33. The van der Waals surface area contributed by atoms with Crippen molar-refractivity contribution in [3.05, 3.63) is 83.9 Å². The molecule has 0 radical (unpaired) electrons. The van der Waals surface area contributed by atoms with Crippen molar-refractivity contribution in [3.63, 3.8) is 0 Å². The number of benzene rings is 3. The summed E-state index contributed by atoms with van der Waals surface area (Å²) in [5, 5.41) is 7.84. The number of hydrogen-bond acceptors (Lipinski definition) is 6. The highest BCUT2D eigenvalue weighted by atomic mass is 32.2. The maximum atomic E-state index is 12.4. The number of anilines is 1. The summed E-state index contributed by atoms with van der Waals surface area (Å²) in [6.07, 6.45) is 0. The summed E-state index contributed by atoms with van der Waals surface area (Å²) in [6, 6.07) is 20.9. The fraction of sp³-hybridized carbons (Fsp3) is 0.0909. The molecule has 3 N–H and O–H groups in total. The number of carbonyl (C=O) groups excluding carboxylic acids is 2. The van der Waals surface area contributed by atoms with Gasteiger partial charge >= 0.3 is 5.97 Å². The first-order valence-electron chi connectivity index (χ1n) is 9.16. The van der Waals surface area contributed by atoms with Crippen molar-refractivity contribution in [1.29, 1.82) is 0 Å². The van der Waals surface area contributed by atoms with Crippen molar-refractivity contribution >= 4 is 39.3 Å². The third-order valence-electron chi connectivity index (χ3n) is 4.22. The number of carbonyl (C=O) groups is 2. The number of esters is 1. The van der Waals surface area contributed by atoms with E-state index in [1.165, 1.54) is 23.9 Å². The van der Waals surface area contributed by atoms with Gasteiger partial charge in [0.2, 0.25) is 10.0 Å². The van der Waals surface area contributed by atoms with E-state index in [1.54, 1.807) is 19.1 Å². The number of aryl methyl sites for hydroxylation is 1. The molecule has 31 heavy (non-hydrogen) atoms. The predicted molar refractivity (Wildman–Crippen MR) is 118 cm³/mol. The molecule has 3 aromatic carbocycles. The van der Waals surface area contributed by atoms with Gasteiger partial charge in [-0.2, -0.15) is 0 Å². The van der Waals surface area contributed by atoms with E-state index in [9.17, 15) is 18.0 Å². The van der Waals surface area contributed by atoms with Crippen LogP contribution in [0.1, 0.15) is 15.9 Å². The van der Waals surface area contributed by atoms with Crippen LogP contribution >= 0.6 is 11.8 Å². The van der Waals surface area contributed by atoms with Crippen LogP contribution < -0.4 is 10.5 Å². The standard InChI is InChI=1S/C22H20N2O5S2/c1-15-11-12-17(31(23,27)28)13-18(15)22(26)29-14-21(25)24-19-9-5-6-10-20(19)30-16-7-3-2-4-8-16/h2-13H,14H2,1H3,(H,24,25)(H2,23,27,28). The third kappa shape index (κ3) is 6.17. The molecule has 0 spiro atoms. The molecule has 0 aromatic heterocycles. The minimum Gasteiger partial charge on any atom is -0.452 e. The van der Waals surface area contributed by atoms with Crippen molar-refractivity contribution in [2.24, 2.45) is 5.14 Å². The number of sulfonamides is 1. The van der Waals surface area contributed by atoms with Crippen molar-refractivity contribution in [2.45, 2.75) is 21.6 Å². The molecule has 160 valence electrons. The van der Waals surface area contributed by atoms with Gasteiger partial charge in [0.05, 0.1) is 16.1 Å². The maximum Gasteiger partial charge on any atom is 0.338 e. The van der Waals surface area contributed by atoms with E-state index < -0.39 is 28.5 Å². The number of rotatable bonds is 7. The first kappa shape index (κ1) is 22.5. The first-order chi connectivity index (χ1) is 14.7. The minimum absolute atomic E-state index is 0.0272. The molecule has 0 bridgehead atoms. The number of amides is 1. The van der Waals surface area contributed by atoms with Gasteiger partial charge in [-0.1, -0.05) is 48.2 Å². The van der Waals surface area contributed by atoms with Crippen LogP contribution in [-0.2, 0) is 19.6 Å². The monoisotopic (exact) mass is 456 g/mol. The Kier molecular flexibility index (Phi) is 7.11. The average Bonchev–Trinajstić information content (AvgIpc) is 2.73. The van der Waals surface area contributed by atoms with E-state index >= 15 is 0 Å². The van der Waals surface area contributed by atoms with Crippen LogP contribution in [0, 0.1) is 6.92 Å². The molecule has 9 heteroatoms. The molecule has 0 saturated carbocycles. The molecule has 0 aliphatic carbocycles. The van der Waals surface area contributed by atoms with Gasteiger partial charge in [0.15, 0.2) is 6.61 Å². The quantitative estimate of drug-likeness (QED) is 0.525. The van der Waals surface area contributed by atoms with E-state index in [-0.39, 0.29) is 10.5 Å². The minimum atomic E-state index is -3.97. The summed E-state index contributed by atoms with van der Waals surface area (Å²) in [7, 11) is -3.97. The molecule has 0 unspecified atom stereocenters. The van der Waals surface area contributed by atoms with Gasteiger partial charge < -0.3 is 10.1 Å². The number of hydrogen-bond donors (Lipinski definition) is 2. The molecule has 0 fully saturated rings. The van der Waals surface area contributed by atoms with Crippen molar-refractivity contribution < 1.29 is 22.7 Å². The smallest absolute Gasteiger partial charge is 0.338 e. The molecular formula is C22H20N2O5S2. The van der Waals surface area contributed by atoms with Gasteiger partial charge in [-0.3, -0.25) is 4.79 Å². The Balaban J connectivity index is 1.66. The van der Waals surface area contributed by atoms with Gasteiger partial charge in [-0.15, -0.1) is 0 Å². The summed E-state index contributed by atoms with van der Waals surface area (Å²) in [4.78, 5) is 26.4. The molecule has 7 nitrogen and oxygen atoms in total. The molecule has 0 aliphatic rings. The number of nitrogens with one attached hydrogen (secondary N) is 1. The maximum absolute atomic E-state index is 12.4. The average molecular weight is 457 g/mol. The van der Waals surface area contributed by atoms with Gasteiger partial charge in [0.1, 0.15) is 0 Å². The Morgan fingerprint density at radius 2 is 1.68 bits per heavy atom. The molecule has 3 aromatic rings. The first-order valence-corrected chi connectivity index (χ1v) is 11.5. The fourth-order valence-electron chi connectivity index (χ4n) is 2.67. The van der Waals surface area contributed by atoms with E-state index in [0.29, 0.717) is 11.3 Å². The van der Waals surface area contributed by atoms with E-state index in [1.807, 2.05) is 42.5 Å². The zero-order valence-corrected chi connectivity index (χ0v) is 18.2. The second-order valence-electron chi connectivity index (χ2n) is 6.56. The molecule has 0 saturated heterocycles. The van der Waals surface area contributed by atoms with E-state index in [4.69, 9.17) is 9.88 Å². The summed E-state index contributed by atoms with van der Waals surface area (Å²) >= 11 is 1.49. The topological polar surface area (TPSA) is 116 Å². The summed E-state index contributed by atoms with van der Waals surface area (Å²) < 4.78 is 28.1. The Bertz CT molecular complexity index is 1210. The SMILES string of the molecule is Cc1ccc(S(N)(=O)=O)cc1C(=O)OCC(=O)Nc1ccccc1Sc1ccccc1. The lowest BCUT2D eigenvalue weighted by Crippen LogP contribution is -2.22. The number of ether oxygens (including phenoxy) is 1. The number of nitrogens with two attached hydrogens (primary N) is 1.